The van der Waals surface area contributed by atoms with Gasteiger partial charge in [0.05, 0.1) is 23.9 Å². The standard InChI is InChI=1S/C11H17N3O2S/c1-14(4-8-5-17-6-13-8)11(16)7-2-9(12)10(15)3-7/h5-7,9-10,15H,2-4,12H2,1H3/t7-,9+,10+/m0/s1. The first-order chi connectivity index (χ1) is 8.08. The van der Waals surface area contributed by atoms with Crippen molar-refractivity contribution in [3.05, 3.63) is 16.6 Å². The van der Waals surface area contributed by atoms with Gasteiger partial charge in [-0.3, -0.25) is 4.79 Å². The maximum Gasteiger partial charge on any atom is 0.225 e. The molecule has 1 aliphatic rings. The lowest BCUT2D eigenvalue weighted by atomic mass is 10.1. The van der Waals surface area contributed by atoms with E-state index in [1.807, 2.05) is 5.38 Å². The third-order valence-corrected chi connectivity index (χ3v) is 3.82. The van der Waals surface area contributed by atoms with Crippen LogP contribution in [0, 0.1) is 5.92 Å². The summed E-state index contributed by atoms with van der Waals surface area (Å²) in [5.41, 5.74) is 8.36. The molecule has 3 N–H and O–H groups in total. The molecule has 5 nitrogen and oxygen atoms in total. The third-order valence-electron chi connectivity index (χ3n) is 3.19. The molecular formula is C11H17N3O2S. The minimum Gasteiger partial charge on any atom is -0.391 e. The van der Waals surface area contributed by atoms with Gasteiger partial charge in [-0.05, 0) is 12.8 Å². The van der Waals surface area contributed by atoms with E-state index in [1.165, 1.54) is 11.3 Å². The Labute approximate surface area is 104 Å². The molecule has 0 aliphatic heterocycles. The molecule has 0 unspecified atom stereocenters. The summed E-state index contributed by atoms with van der Waals surface area (Å²) in [5.74, 6) is -0.103. The first kappa shape index (κ1) is 12.5. The molecular weight excluding hydrogens is 238 g/mol. The maximum absolute atomic E-state index is 12.1. The molecule has 17 heavy (non-hydrogen) atoms. The van der Waals surface area contributed by atoms with Crippen molar-refractivity contribution in [1.29, 1.82) is 0 Å². The van der Waals surface area contributed by atoms with Gasteiger partial charge in [0.2, 0.25) is 5.91 Å². The summed E-state index contributed by atoms with van der Waals surface area (Å²) in [5, 5.41) is 11.5. The average molecular weight is 255 g/mol. The lowest BCUT2D eigenvalue weighted by Crippen LogP contribution is -2.32. The van der Waals surface area contributed by atoms with E-state index in [9.17, 15) is 9.90 Å². The zero-order valence-electron chi connectivity index (χ0n) is 9.74. The van der Waals surface area contributed by atoms with Crippen LogP contribution in [-0.4, -0.2) is 40.1 Å². The normalized spacial score (nSPS) is 28.3. The van der Waals surface area contributed by atoms with E-state index in [1.54, 1.807) is 17.5 Å². The number of carbonyl (C=O) groups is 1. The van der Waals surface area contributed by atoms with Gasteiger partial charge in [-0.2, -0.15) is 0 Å². The Kier molecular flexibility index (Phi) is 3.76. The zero-order valence-corrected chi connectivity index (χ0v) is 10.6. The predicted octanol–water partition coefficient (Wildman–Crippen LogP) is 0.200. The largest absolute Gasteiger partial charge is 0.391 e. The number of aliphatic hydroxyl groups excluding tert-OH is 1. The van der Waals surface area contributed by atoms with Crippen molar-refractivity contribution in [2.75, 3.05) is 7.05 Å². The van der Waals surface area contributed by atoms with Crippen LogP contribution in [0.4, 0.5) is 0 Å². The summed E-state index contributed by atoms with van der Waals surface area (Å²) < 4.78 is 0. The molecule has 1 aliphatic carbocycles. The van der Waals surface area contributed by atoms with Crippen molar-refractivity contribution >= 4 is 17.2 Å². The molecule has 0 aromatic carbocycles. The van der Waals surface area contributed by atoms with Crippen molar-refractivity contribution in [2.24, 2.45) is 11.7 Å². The summed E-state index contributed by atoms with van der Waals surface area (Å²) in [6, 6.07) is -0.267. The lowest BCUT2D eigenvalue weighted by molar-refractivity contribution is -0.134. The number of amides is 1. The third kappa shape index (κ3) is 2.83. The van der Waals surface area contributed by atoms with Crippen LogP contribution in [0.1, 0.15) is 18.5 Å². The molecule has 3 atom stereocenters. The van der Waals surface area contributed by atoms with Gasteiger partial charge in [0.25, 0.3) is 0 Å². The summed E-state index contributed by atoms with van der Waals surface area (Å²) in [6.45, 7) is 0.518. The average Bonchev–Trinajstić information content (AvgIpc) is 2.89. The molecule has 94 valence electrons. The molecule has 0 bridgehead atoms. The van der Waals surface area contributed by atoms with Crippen LogP contribution >= 0.6 is 11.3 Å². The molecule has 1 amide bonds. The van der Waals surface area contributed by atoms with E-state index in [2.05, 4.69) is 4.98 Å². The van der Waals surface area contributed by atoms with Crippen LogP contribution in [0.5, 0.6) is 0 Å². The Hall–Kier alpha value is -0.980. The van der Waals surface area contributed by atoms with E-state index in [0.29, 0.717) is 19.4 Å². The van der Waals surface area contributed by atoms with E-state index in [4.69, 9.17) is 5.73 Å². The summed E-state index contributed by atoms with van der Waals surface area (Å²) >= 11 is 1.52. The number of hydrogen-bond donors (Lipinski definition) is 2. The number of carbonyl (C=O) groups excluding carboxylic acids is 1. The number of aromatic nitrogens is 1. The fraction of sp³-hybridized carbons (Fsp3) is 0.636. The van der Waals surface area contributed by atoms with Crippen molar-refractivity contribution in [1.82, 2.24) is 9.88 Å². The van der Waals surface area contributed by atoms with Crippen LogP contribution in [-0.2, 0) is 11.3 Å². The second kappa shape index (κ2) is 5.12. The van der Waals surface area contributed by atoms with Gasteiger partial charge in [0.15, 0.2) is 0 Å². The van der Waals surface area contributed by atoms with Crippen LogP contribution in [0.15, 0.2) is 10.9 Å². The number of nitrogens with two attached hydrogens (primary N) is 1. The summed E-state index contributed by atoms with van der Waals surface area (Å²) in [7, 11) is 1.76. The number of hydrogen-bond acceptors (Lipinski definition) is 5. The van der Waals surface area contributed by atoms with E-state index < -0.39 is 6.10 Å². The van der Waals surface area contributed by atoms with Crippen LogP contribution in [0.2, 0.25) is 0 Å². The van der Waals surface area contributed by atoms with Gasteiger partial charge < -0.3 is 15.7 Å². The van der Waals surface area contributed by atoms with Gasteiger partial charge in [-0.15, -0.1) is 11.3 Å². The Morgan fingerprint density at radius 3 is 3.00 bits per heavy atom. The van der Waals surface area contributed by atoms with Gasteiger partial charge in [0, 0.05) is 24.4 Å². The second-order valence-corrected chi connectivity index (χ2v) is 5.29. The molecule has 1 fully saturated rings. The fourth-order valence-electron chi connectivity index (χ4n) is 2.20. The van der Waals surface area contributed by atoms with E-state index in [0.717, 1.165) is 5.69 Å². The first-order valence-electron chi connectivity index (χ1n) is 5.63. The maximum atomic E-state index is 12.1. The summed E-state index contributed by atoms with van der Waals surface area (Å²) in [4.78, 5) is 17.9. The molecule has 1 heterocycles. The zero-order chi connectivity index (χ0) is 12.4. The van der Waals surface area contributed by atoms with Crippen LogP contribution in [0.25, 0.3) is 0 Å². The van der Waals surface area contributed by atoms with E-state index >= 15 is 0 Å². The van der Waals surface area contributed by atoms with Crippen molar-refractivity contribution < 1.29 is 9.90 Å². The second-order valence-electron chi connectivity index (χ2n) is 4.57. The monoisotopic (exact) mass is 255 g/mol. The number of aliphatic hydroxyl groups is 1. The lowest BCUT2D eigenvalue weighted by Gasteiger charge is -2.19. The first-order valence-corrected chi connectivity index (χ1v) is 6.58. The highest BCUT2D eigenvalue weighted by atomic mass is 32.1. The predicted molar refractivity (Wildman–Crippen MR) is 65.3 cm³/mol. The van der Waals surface area contributed by atoms with E-state index in [-0.39, 0.29) is 17.9 Å². The number of thiazole rings is 1. The van der Waals surface area contributed by atoms with Gasteiger partial charge in [-0.25, -0.2) is 4.98 Å². The topological polar surface area (TPSA) is 79.5 Å². The Morgan fingerprint density at radius 2 is 2.47 bits per heavy atom. The minimum atomic E-state index is -0.545. The Bertz CT molecular complexity index is 372. The smallest absolute Gasteiger partial charge is 0.225 e. The summed E-state index contributed by atoms with van der Waals surface area (Å²) in [6.07, 6.45) is 0.500. The Balaban J connectivity index is 1.91. The molecule has 1 saturated carbocycles. The van der Waals surface area contributed by atoms with Gasteiger partial charge >= 0.3 is 0 Å². The SMILES string of the molecule is CN(Cc1cscn1)C(=O)[C@H]1C[C@@H](N)[C@H](O)C1. The highest BCUT2D eigenvalue weighted by Gasteiger charge is 2.35. The highest BCUT2D eigenvalue weighted by Crippen LogP contribution is 2.26. The van der Waals surface area contributed by atoms with Crippen LogP contribution < -0.4 is 5.73 Å². The van der Waals surface area contributed by atoms with Crippen LogP contribution in [0.3, 0.4) is 0 Å². The van der Waals surface area contributed by atoms with Crippen molar-refractivity contribution in [2.45, 2.75) is 31.5 Å². The minimum absolute atomic E-state index is 0.0463. The van der Waals surface area contributed by atoms with Gasteiger partial charge in [0.1, 0.15) is 0 Å². The highest BCUT2D eigenvalue weighted by molar-refractivity contribution is 7.07. The number of rotatable bonds is 3. The Morgan fingerprint density at radius 1 is 1.71 bits per heavy atom. The molecule has 0 radical (unpaired) electrons. The van der Waals surface area contributed by atoms with Gasteiger partial charge in [-0.1, -0.05) is 0 Å². The molecule has 1 aromatic heterocycles. The fourth-order valence-corrected chi connectivity index (χ4v) is 2.75. The number of nitrogens with zero attached hydrogens (tertiary/aromatic N) is 2. The quantitative estimate of drug-likeness (QED) is 0.808. The molecule has 0 spiro atoms. The van der Waals surface area contributed by atoms with Crippen molar-refractivity contribution in [3.63, 3.8) is 0 Å². The molecule has 0 saturated heterocycles. The van der Waals surface area contributed by atoms with Crippen molar-refractivity contribution in [3.8, 4) is 0 Å². The molecule has 6 heteroatoms. The molecule has 1 aromatic rings. The molecule has 2 rings (SSSR count).